The first-order valence-corrected chi connectivity index (χ1v) is 15.5. The van der Waals surface area contributed by atoms with Crippen LogP contribution in [0.5, 0.6) is 0 Å². The number of nitrogens with one attached hydrogen (secondary N) is 1. The molecule has 7 nitrogen and oxygen atoms in total. The van der Waals surface area contributed by atoms with Crippen LogP contribution >= 0.6 is 0 Å². The van der Waals surface area contributed by atoms with Gasteiger partial charge in [-0.25, -0.2) is 9.37 Å². The molecule has 0 radical (unpaired) electrons. The van der Waals surface area contributed by atoms with Gasteiger partial charge in [-0.05, 0) is 49.2 Å². The third-order valence-corrected chi connectivity index (χ3v) is 12.1. The summed E-state index contributed by atoms with van der Waals surface area (Å²) in [6.45, 7) is 10.7. The minimum Gasteiger partial charge on any atom is -0.401 e. The molecule has 0 aromatic carbocycles. The smallest absolute Gasteiger partial charge is 0.401 e. The van der Waals surface area contributed by atoms with Crippen LogP contribution in [0.15, 0.2) is 35.4 Å². The van der Waals surface area contributed by atoms with Crippen molar-refractivity contribution in [1.29, 1.82) is 0 Å². The maximum atomic E-state index is 14.1. The Balaban J connectivity index is 1.70. The molecular formula is C27H32F4N4O3Si. The van der Waals surface area contributed by atoms with Crippen LogP contribution in [0.4, 0.5) is 23.4 Å². The number of aromatic nitrogens is 3. The van der Waals surface area contributed by atoms with Crippen molar-refractivity contribution in [2.45, 2.75) is 70.7 Å². The molecule has 1 N–H and O–H groups in total. The number of rotatable bonds is 6. The lowest BCUT2D eigenvalue weighted by molar-refractivity contribution is -0.202. The highest BCUT2D eigenvalue weighted by Gasteiger charge is 2.49. The van der Waals surface area contributed by atoms with Gasteiger partial charge >= 0.3 is 6.18 Å². The van der Waals surface area contributed by atoms with Crippen molar-refractivity contribution in [3.8, 4) is 11.1 Å². The maximum Gasteiger partial charge on any atom is 0.419 e. The summed E-state index contributed by atoms with van der Waals surface area (Å²) in [5, 5.41) is 2.70. The van der Waals surface area contributed by atoms with Crippen molar-refractivity contribution < 1.29 is 26.8 Å². The summed E-state index contributed by atoms with van der Waals surface area (Å²) in [4.78, 5) is 33.7. The van der Waals surface area contributed by atoms with Gasteiger partial charge in [-0.1, -0.05) is 20.8 Å². The van der Waals surface area contributed by atoms with E-state index in [4.69, 9.17) is 4.43 Å². The van der Waals surface area contributed by atoms with E-state index in [1.807, 2.05) is 20.8 Å². The molecule has 1 aliphatic carbocycles. The second-order valence-corrected chi connectivity index (χ2v) is 16.4. The number of alkyl halides is 4. The number of pyridine rings is 3. The lowest BCUT2D eigenvalue weighted by Gasteiger charge is -2.39. The van der Waals surface area contributed by atoms with E-state index in [1.165, 1.54) is 29.1 Å². The summed E-state index contributed by atoms with van der Waals surface area (Å²) in [6, 6.07) is 4.43. The van der Waals surface area contributed by atoms with Crippen molar-refractivity contribution in [1.82, 2.24) is 14.5 Å². The fourth-order valence-corrected chi connectivity index (χ4v) is 5.25. The van der Waals surface area contributed by atoms with Crippen LogP contribution in [0.1, 0.15) is 44.6 Å². The molecule has 1 amide bonds. The Labute approximate surface area is 224 Å². The van der Waals surface area contributed by atoms with Gasteiger partial charge in [-0.2, -0.15) is 13.2 Å². The number of hydrogen-bond donors (Lipinski definition) is 1. The largest absolute Gasteiger partial charge is 0.419 e. The van der Waals surface area contributed by atoms with Gasteiger partial charge in [0.1, 0.15) is 12.0 Å². The minimum absolute atomic E-state index is 0.180. The molecule has 0 saturated heterocycles. The van der Waals surface area contributed by atoms with Gasteiger partial charge < -0.3 is 14.3 Å². The fourth-order valence-electron chi connectivity index (χ4n) is 4.05. The molecule has 3 aromatic rings. The number of hydrogen-bond acceptors (Lipinski definition) is 5. The Morgan fingerprint density at radius 2 is 1.77 bits per heavy atom. The van der Waals surface area contributed by atoms with E-state index in [2.05, 4.69) is 15.3 Å². The summed E-state index contributed by atoms with van der Waals surface area (Å²) in [5.41, 5.74) is 0.871. The standard InChI is InChI=1S/C27H32F4N4O3Si/c1-14-8-20(23(27(29,30)31)38-39(6,7)26(2,3)4)32-13-18(14)16-9-15-12-33-22(11-21(15)35(5)25(16)37)34-24(36)17-10-19(17)28/h8-9,11-13,17,19,23H,10H2,1-7H3,(H,33,34,36)/t17-,19+,23?/m1/s1. The van der Waals surface area contributed by atoms with Gasteiger partial charge in [0, 0.05) is 42.0 Å². The Kier molecular flexibility index (Phi) is 7.26. The summed E-state index contributed by atoms with van der Waals surface area (Å²) >= 11 is 0. The van der Waals surface area contributed by atoms with E-state index in [0.717, 1.165) is 0 Å². The number of halogens is 4. The molecule has 0 aliphatic heterocycles. The minimum atomic E-state index is -4.67. The zero-order valence-corrected chi connectivity index (χ0v) is 23.9. The van der Waals surface area contributed by atoms with Crippen LogP contribution in [-0.2, 0) is 16.3 Å². The highest BCUT2D eigenvalue weighted by Crippen LogP contribution is 2.44. The average molecular weight is 565 g/mol. The molecule has 0 bridgehead atoms. The van der Waals surface area contributed by atoms with E-state index in [0.29, 0.717) is 22.0 Å². The third-order valence-electron chi connectivity index (χ3n) is 7.62. The predicted molar refractivity (Wildman–Crippen MR) is 144 cm³/mol. The van der Waals surface area contributed by atoms with Gasteiger partial charge in [0.05, 0.1) is 17.1 Å². The number of amides is 1. The number of fused-ring (bicyclic) bond motifs is 1. The lowest BCUT2D eigenvalue weighted by Crippen LogP contribution is -2.44. The van der Waals surface area contributed by atoms with Crippen LogP contribution in [0, 0.1) is 12.8 Å². The molecule has 1 fully saturated rings. The first-order chi connectivity index (χ1) is 17.9. The first kappa shape index (κ1) is 28.9. The Hall–Kier alpha value is -3.12. The average Bonchev–Trinajstić information content (AvgIpc) is 3.55. The second kappa shape index (κ2) is 9.81. The molecule has 3 aromatic heterocycles. The van der Waals surface area contributed by atoms with Crippen molar-refractivity contribution in [2.24, 2.45) is 13.0 Å². The fraction of sp³-hybridized carbons (Fsp3) is 0.481. The lowest BCUT2D eigenvalue weighted by atomic mass is 10.0. The van der Waals surface area contributed by atoms with Crippen LogP contribution in [0.3, 0.4) is 0 Å². The van der Waals surface area contributed by atoms with Crippen LogP contribution in [0.25, 0.3) is 22.0 Å². The van der Waals surface area contributed by atoms with E-state index >= 15 is 0 Å². The quantitative estimate of drug-likeness (QED) is 0.284. The Morgan fingerprint density at radius 1 is 1.13 bits per heavy atom. The van der Waals surface area contributed by atoms with Gasteiger partial charge in [0.2, 0.25) is 5.91 Å². The zero-order chi connectivity index (χ0) is 29.1. The molecule has 1 unspecified atom stereocenters. The Bertz CT molecular complexity index is 1500. The van der Waals surface area contributed by atoms with Crippen molar-refractivity contribution in [3.63, 3.8) is 0 Å². The molecule has 12 heteroatoms. The van der Waals surface area contributed by atoms with Crippen LogP contribution in [0.2, 0.25) is 18.1 Å². The van der Waals surface area contributed by atoms with Crippen LogP contribution in [-0.4, -0.2) is 41.1 Å². The molecule has 0 spiro atoms. The van der Waals surface area contributed by atoms with E-state index in [9.17, 15) is 27.2 Å². The van der Waals surface area contributed by atoms with Crippen molar-refractivity contribution in [3.05, 3.63) is 52.2 Å². The van der Waals surface area contributed by atoms with Gasteiger partial charge in [-0.15, -0.1) is 0 Å². The normalized spacial score (nSPS) is 18.7. The van der Waals surface area contributed by atoms with E-state index < -0.39 is 49.2 Å². The number of aryl methyl sites for hydroxylation is 2. The molecular weight excluding hydrogens is 532 g/mol. The van der Waals surface area contributed by atoms with Gasteiger partial charge in [-0.3, -0.25) is 14.6 Å². The third kappa shape index (κ3) is 5.76. The van der Waals surface area contributed by atoms with E-state index in [1.54, 1.807) is 33.1 Å². The number of carbonyl (C=O) groups excluding carboxylic acids is 1. The first-order valence-electron chi connectivity index (χ1n) is 12.6. The van der Waals surface area contributed by atoms with Gasteiger partial charge in [0.25, 0.3) is 5.56 Å². The highest BCUT2D eigenvalue weighted by atomic mass is 28.4. The second-order valence-electron chi connectivity index (χ2n) is 11.6. The number of nitrogens with zero attached hydrogens (tertiary/aromatic N) is 3. The predicted octanol–water partition coefficient (Wildman–Crippen LogP) is 6.23. The topological polar surface area (TPSA) is 86.1 Å². The molecule has 1 aliphatic rings. The molecule has 210 valence electrons. The van der Waals surface area contributed by atoms with Crippen LogP contribution < -0.4 is 10.9 Å². The molecule has 3 atom stereocenters. The monoisotopic (exact) mass is 564 g/mol. The maximum absolute atomic E-state index is 14.1. The Morgan fingerprint density at radius 3 is 2.31 bits per heavy atom. The summed E-state index contributed by atoms with van der Waals surface area (Å²) in [5.74, 6) is -0.958. The molecule has 39 heavy (non-hydrogen) atoms. The highest BCUT2D eigenvalue weighted by molar-refractivity contribution is 6.74. The zero-order valence-electron chi connectivity index (χ0n) is 22.9. The number of anilines is 1. The van der Waals surface area contributed by atoms with Crippen molar-refractivity contribution >= 4 is 30.9 Å². The van der Waals surface area contributed by atoms with Crippen molar-refractivity contribution in [2.75, 3.05) is 5.32 Å². The molecule has 4 rings (SSSR count). The SMILES string of the molecule is Cc1cc(C(O[Si](C)(C)C(C)(C)C)C(F)(F)F)ncc1-c1cc2cnc(NC(=O)[C@@H]3C[C@@H]3F)cc2n(C)c1=O. The summed E-state index contributed by atoms with van der Waals surface area (Å²) in [7, 11) is -1.25. The number of carbonyl (C=O) groups is 1. The molecule has 1 saturated carbocycles. The summed E-state index contributed by atoms with van der Waals surface area (Å²) in [6.07, 6.45) is -5.08. The van der Waals surface area contributed by atoms with E-state index in [-0.39, 0.29) is 23.5 Å². The summed E-state index contributed by atoms with van der Waals surface area (Å²) < 4.78 is 62.6. The molecule has 3 heterocycles. The van der Waals surface area contributed by atoms with Gasteiger partial charge in [0.15, 0.2) is 14.4 Å².